The van der Waals surface area contributed by atoms with Crippen LogP contribution in [0.4, 0.5) is 0 Å². The number of carbonyl (C=O) groups excluding carboxylic acids is 1. The highest BCUT2D eigenvalue weighted by Gasteiger charge is 1.86. The van der Waals surface area contributed by atoms with E-state index in [9.17, 15) is 9.59 Å². The Bertz CT molecular complexity index is 542. The molecule has 0 aromatic heterocycles. The number of nitrogens with zero attached hydrogens (tertiary/aromatic N) is 1. The van der Waals surface area contributed by atoms with Gasteiger partial charge in [0.2, 0.25) is 0 Å². The molecule has 1 N–H and O–H groups in total. The van der Waals surface area contributed by atoms with Gasteiger partial charge in [0, 0.05) is 18.2 Å². The van der Waals surface area contributed by atoms with Gasteiger partial charge in [-0.3, -0.25) is 0 Å². The fraction of sp³-hybridized carbons (Fsp3) is 0.105. The minimum atomic E-state index is -0.981. The molecule has 0 saturated carbocycles. The van der Waals surface area contributed by atoms with Crippen molar-refractivity contribution in [2.45, 2.75) is 6.92 Å². The van der Waals surface area contributed by atoms with E-state index in [4.69, 9.17) is 10.4 Å². The normalized spacial score (nSPS) is 7.00. The molecule has 1 aromatic carbocycles. The summed E-state index contributed by atoms with van der Waals surface area (Å²) in [6, 6.07) is 11.7. The van der Waals surface area contributed by atoms with Gasteiger partial charge in [-0.05, 0) is 12.5 Å². The van der Waals surface area contributed by atoms with Crippen molar-refractivity contribution in [3.63, 3.8) is 0 Å². The van der Waals surface area contributed by atoms with Gasteiger partial charge in [0.25, 0.3) is 0 Å². The minimum Gasteiger partial charge on any atom is -0.478 e. The number of nitriles is 1. The third-order valence-electron chi connectivity index (χ3n) is 1.75. The lowest BCUT2D eigenvalue weighted by Crippen LogP contribution is -1.97. The Hall–Kier alpha value is -3.39. The van der Waals surface area contributed by atoms with Crippen molar-refractivity contribution < 1.29 is 19.4 Å². The van der Waals surface area contributed by atoms with Gasteiger partial charge in [-0.15, -0.1) is 0 Å². The van der Waals surface area contributed by atoms with Gasteiger partial charge >= 0.3 is 11.9 Å². The van der Waals surface area contributed by atoms with Crippen molar-refractivity contribution in [3.8, 4) is 6.07 Å². The molecule has 0 heterocycles. The Morgan fingerprint density at radius 1 is 1.17 bits per heavy atom. The van der Waals surface area contributed by atoms with Crippen LogP contribution in [0.1, 0.15) is 12.5 Å². The second kappa shape index (κ2) is 21.9. The summed E-state index contributed by atoms with van der Waals surface area (Å²) in [5.41, 5.74) is 1.17. The van der Waals surface area contributed by atoms with Gasteiger partial charge in [0.15, 0.2) is 0 Å². The molecular weight excluding hydrogens is 306 g/mol. The summed E-state index contributed by atoms with van der Waals surface area (Å²) in [6.45, 7) is 15.1. The number of benzene rings is 1. The van der Waals surface area contributed by atoms with E-state index in [2.05, 4.69) is 31.1 Å². The molecule has 128 valence electrons. The highest BCUT2D eigenvalue weighted by molar-refractivity contribution is 5.81. The predicted octanol–water partition coefficient (Wildman–Crippen LogP) is 4.02. The van der Waals surface area contributed by atoms with Crippen molar-refractivity contribution in [2.75, 3.05) is 6.61 Å². The molecule has 0 fully saturated rings. The molecule has 0 saturated heterocycles. The van der Waals surface area contributed by atoms with Gasteiger partial charge in [0.05, 0.1) is 12.7 Å². The molecule has 0 amide bonds. The standard InChI is InChI=1S/C8H8.C5H8O2.C3H3N.C3H4O2/c1-2-8-6-4-3-5-7-8;1-3-5(6)7-4-2;1-2-3-4;1-2-3(4)5/h2-7H,1H2;3H,1,4H2,2H3;2H,1H2;2H,1H2,(H,4,5). The zero-order chi connectivity index (χ0) is 19.2. The maximum Gasteiger partial charge on any atom is 0.330 e. The Morgan fingerprint density at radius 3 is 1.79 bits per heavy atom. The zero-order valence-electron chi connectivity index (χ0n) is 13.9. The summed E-state index contributed by atoms with van der Waals surface area (Å²) >= 11 is 0. The molecule has 0 bridgehead atoms. The minimum absolute atomic E-state index is 0.359. The van der Waals surface area contributed by atoms with Crippen LogP contribution in [-0.2, 0) is 14.3 Å². The largest absolute Gasteiger partial charge is 0.478 e. The number of hydrogen-bond acceptors (Lipinski definition) is 4. The molecule has 1 aromatic rings. The SMILES string of the molecule is C=CC#N.C=CC(=O)O.C=CC(=O)OCC.C=Cc1ccccc1. The lowest BCUT2D eigenvalue weighted by Gasteiger charge is -1.90. The van der Waals surface area contributed by atoms with Gasteiger partial charge in [0.1, 0.15) is 0 Å². The summed E-state index contributed by atoms with van der Waals surface area (Å²) in [7, 11) is 0. The van der Waals surface area contributed by atoms with Crippen LogP contribution in [0, 0.1) is 11.3 Å². The fourth-order valence-corrected chi connectivity index (χ4v) is 0.790. The first-order chi connectivity index (χ1) is 11.4. The first kappa shape index (κ1) is 25.6. The summed E-state index contributed by atoms with van der Waals surface area (Å²) in [5, 5.41) is 15.1. The van der Waals surface area contributed by atoms with Crippen LogP contribution in [0.15, 0.2) is 74.9 Å². The monoisotopic (exact) mass is 329 g/mol. The van der Waals surface area contributed by atoms with Crippen LogP contribution < -0.4 is 0 Å². The van der Waals surface area contributed by atoms with Crippen molar-refractivity contribution >= 4 is 18.0 Å². The molecular formula is C19H23NO4. The van der Waals surface area contributed by atoms with E-state index in [-0.39, 0.29) is 5.97 Å². The van der Waals surface area contributed by atoms with E-state index in [1.165, 1.54) is 11.6 Å². The fourth-order valence-electron chi connectivity index (χ4n) is 0.790. The van der Waals surface area contributed by atoms with E-state index in [1.54, 1.807) is 13.0 Å². The second-order valence-electron chi connectivity index (χ2n) is 3.45. The van der Waals surface area contributed by atoms with Gasteiger partial charge < -0.3 is 9.84 Å². The van der Waals surface area contributed by atoms with E-state index < -0.39 is 5.97 Å². The maximum absolute atomic E-state index is 10.1. The molecule has 5 nitrogen and oxygen atoms in total. The van der Waals surface area contributed by atoms with Crippen molar-refractivity contribution in [2.24, 2.45) is 0 Å². The second-order valence-corrected chi connectivity index (χ2v) is 3.45. The Labute approximate surface area is 143 Å². The Morgan fingerprint density at radius 2 is 1.62 bits per heavy atom. The number of hydrogen-bond donors (Lipinski definition) is 1. The van der Waals surface area contributed by atoms with Crippen LogP contribution in [0.3, 0.4) is 0 Å². The van der Waals surface area contributed by atoms with Crippen molar-refractivity contribution in [3.05, 3.63) is 80.4 Å². The molecule has 0 spiro atoms. The smallest absolute Gasteiger partial charge is 0.330 e. The molecule has 5 heteroatoms. The molecule has 1 rings (SSSR count). The number of carbonyl (C=O) groups is 2. The molecule has 0 atom stereocenters. The number of rotatable bonds is 4. The van der Waals surface area contributed by atoms with Gasteiger partial charge in [-0.1, -0.05) is 62.7 Å². The van der Waals surface area contributed by atoms with Crippen LogP contribution >= 0.6 is 0 Å². The Balaban J connectivity index is -0.000000255. The molecule has 0 aliphatic rings. The molecule has 0 aliphatic carbocycles. The van der Waals surface area contributed by atoms with E-state index >= 15 is 0 Å². The molecule has 0 radical (unpaired) electrons. The number of ether oxygens (including phenoxy) is 1. The van der Waals surface area contributed by atoms with Crippen LogP contribution in [0.25, 0.3) is 6.08 Å². The molecule has 0 aliphatic heterocycles. The summed E-state index contributed by atoms with van der Waals surface area (Å²) in [5.74, 6) is -1.34. The summed E-state index contributed by atoms with van der Waals surface area (Å²) in [6.07, 6.45) is 4.99. The van der Waals surface area contributed by atoms with E-state index in [1.807, 2.05) is 36.4 Å². The summed E-state index contributed by atoms with van der Waals surface area (Å²) < 4.78 is 4.43. The third-order valence-corrected chi connectivity index (χ3v) is 1.75. The van der Waals surface area contributed by atoms with Gasteiger partial charge in [-0.2, -0.15) is 5.26 Å². The number of allylic oxidation sites excluding steroid dienone is 1. The van der Waals surface area contributed by atoms with Crippen LogP contribution in [0.2, 0.25) is 0 Å². The highest BCUT2D eigenvalue weighted by Crippen LogP contribution is 1.97. The zero-order valence-corrected chi connectivity index (χ0v) is 13.9. The number of aliphatic carboxylic acids is 1. The third kappa shape index (κ3) is 27.0. The average molecular weight is 329 g/mol. The number of carboxylic acids is 1. The lowest BCUT2D eigenvalue weighted by atomic mass is 10.2. The van der Waals surface area contributed by atoms with Crippen LogP contribution in [-0.4, -0.2) is 23.7 Å². The van der Waals surface area contributed by atoms with Crippen LogP contribution in [0.5, 0.6) is 0 Å². The van der Waals surface area contributed by atoms with E-state index in [0.29, 0.717) is 6.61 Å². The quantitative estimate of drug-likeness (QED) is 0.512. The first-order valence-electron chi connectivity index (χ1n) is 6.75. The summed E-state index contributed by atoms with van der Waals surface area (Å²) in [4.78, 5) is 19.3. The van der Waals surface area contributed by atoms with E-state index in [0.717, 1.165) is 12.2 Å². The van der Waals surface area contributed by atoms with Gasteiger partial charge in [-0.25, -0.2) is 9.59 Å². The Kier molecular flexibility index (Phi) is 23.3. The van der Waals surface area contributed by atoms with Crippen molar-refractivity contribution in [1.29, 1.82) is 5.26 Å². The average Bonchev–Trinajstić information content (AvgIpc) is 2.63. The first-order valence-corrected chi connectivity index (χ1v) is 6.75. The lowest BCUT2D eigenvalue weighted by molar-refractivity contribution is -0.137. The molecule has 24 heavy (non-hydrogen) atoms. The predicted molar refractivity (Wildman–Crippen MR) is 97.0 cm³/mol. The topological polar surface area (TPSA) is 87.4 Å². The molecule has 0 unspecified atom stereocenters. The number of carboxylic acid groups (broad SMARTS) is 1. The maximum atomic E-state index is 10.1. The van der Waals surface area contributed by atoms with Crippen molar-refractivity contribution in [1.82, 2.24) is 0 Å². The highest BCUT2D eigenvalue weighted by atomic mass is 16.5. The number of esters is 1.